The van der Waals surface area contributed by atoms with Crippen molar-refractivity contribution in [2.75, 3.05) is 25.0 Å². The minimum Gasteiger partial charge on any atom is -0.334 e. The lowest BCUT2D eigenvalue weighted by Gasteiger charge is -2.29. The summed E-state index contributed by atoms with van der Waals surface area (Å²) in [6, 6.07) is 16.0. The number of hydrogen-bond donors (Lipinski definition) is 0. The summed E-state index contributed by atoms with van der Waals surface area (Å²) in [5, 5.41) is 11.9. The van der Waals surface area contributed by atoms with Crippen LogP contribution in [0.3, 0.4) is 0 Å². The summed E-state index contributed by atoms with van der Waals surface area (Å²) in [6.07, 6.45) is 4.86. The van der Waals surface area contributed by atoms with Crippen LogP contribution < -0.4 is 4.90 Å². The summed E-state index contributed by atoms with van der Waals surface area (Å²) in [5.41, 5.74) is 1.34. The van der Waals surface area contributed by atoms with Crippen molar-refractivity contribution in [2.24, 2.45) is 7.05 Å². The van der Waals surface area contributed by atoms with Gasteiger partial charge < -0.3 is 14.4 Å². The maximum absolute atomic E-state index is 4.66. The van der Waals surface area contributed by atoms with E-state index in [1.807, 2.05) is 0 Å². The maximum atomic E-state index is 4.66. The van der Waals surface area contributed by atoms with E-state index in [-0.39, 0.29) is 0 Å². The minimum atomic E-state index is 0.532. The Morgan fingerprint density at radius 1 is 0.929 bits per heavy atom. The first-order valence-electron chi connectivity index (χ1n) is 10.5. The third-order valence-electron chi connectivity index (χ3n) is 6.38. The largest absolute Gasteiger partial charge is 0.334 e. The molecule has 1 saturated heterocycles. The highest BCUT2D eigenvalue weighted by Gasteiger charge is 2.33. The zero-order chi connectivity index (χ0) is 19.1. The third-order valence-corrected chi connectivity index (χ3v) is 6.38. The van der Waals surface area contributed by atoms with Gasteiger partial charge in [-0.2, -0.15) is 0 Å². The van der Waals surface area contributed by atoms with Crippen LogP contribution in [0.5, 0.6) is 0 Å². The van der Waals surface area contributed by atoms with Gasteiger partial charge in [0, 0.05) is 25.6 Å². The topological polar surface area (TPSA) is 37.2 Å². The van der Waals surface area contributed by atoms with Gasteiger partial charge >= 0.3 is 0 Å². The first-order chi connectivity index (χ1) is 13.7. The first kappa shape index (κ1) is 17.7. The lowest BCUT2D eigenvalue weighted by Crippen LogP contribution is -2.31. The van der Waals surface area contributed by atoms with Crippen LogP contribution in [0, 0.1) is 0 Å². The number of aromatic nitrogens is 3. The number of likely N-dealkylation sites (tertiary alicyclic amines) is 1. The molecule has 0 radical (unpaired) electrons. The summed E-state index contributed by atoms with van der Waals surface area (Å²) in [6.45, 7) is 3.20. The normalized spacial score (nSPS) is 18.6. The summed E-state index contributed by atoms with van der Waals surface area (Å²) in [5.74, 6) is 2.72. The molecule has 2 aliphatic rings. The average molecular weight is 376 g/mol. The smallest absolute Gasteiger partial charge is 0.227 e. The molecule has 0 unspecified atom stereocenters. The Kier molecular flexibility index (Phi) is 4.55. The van der Waals surface area contributed by atoms with Gasteiger partial charge in [-0.25, -0.2) is 0 Å². The van der Waals surface area contributed by atoms with Crippen LogP contribution in [0.2, 0.25) is 0 Å². The molecule has 2 fully saturated rings. The van der Waals surface area contributed by atoms with Crippen molar-refractivity contribution < 1.29 is 0 Å². The molecule has 2 aromatic carbocycles. The second-order valence-corrected chi connectivity index (χ2v) is 8.54. The van der Waals surface area contributed by atoms with Gasteiger partial charge in [-0.15, -0.1) is 10.2 Å². The van der Waals surface area contributed by atoms with Crippen molar-refractivity contribution in [3.8, 4) is 0 Å². The van der Waals surface area contributed by atoms with Crippen molar-refractivity contribution in [1.82, 2.24) is 19.7 Å². The van der Waals surface area contributed by atoms with Crippen molar-refractivity contribution in [2.45, 2.75) is 44.2 Å². The Bertz CT molecular complexity index is 966. The number of hydrogen-bond acceptors (Lipinski definition) is 4. The molecule has 1 saturated carbocycles. The molecule has 0 atom stereocenters. The Labute approximate surface area is 167 Å². The average Bonchev–Trinajstić information content (AvgIpc) is 3.49. The molecule has 0 spiro atoms. The number of rotatable bonds is 5. The second-order valence-electron chi connectivity index (χ2n) is 8.54. The van der Waals surface area contributed by atoms with Gasteiger partial charge in [0.05, 0.1) is 0 Å². The molecule has 5 rings (SSSR count). The van der Waals surface area contributed by atoms with Crippen molar-refractivity contribution >= 4 is 16.7 Å². The minimum absolute atomic E-state index is 0.532. The number of piperidine rings is 1. The summed E-state index contributed by atoms with van der Waals surface area (Å²) >= 11 is 0. The SMILES string of the molecule is CN1CCC(c2nnc(N(Cc3ccc4ccccc4c3)C3CC3)n2C)CC1. The number of nitrogens with zero attached hydrogens (tertiary/aromatic N) is 5. The van der Waals surface area contributed by atoms with Gasteiger partial charge in [0.1, 0.15) is 5.82 Å². The number of benzene rings is 2. The molecular formula is C23H29N5. The molecule has 146 valence electrons. The Morgan fingerprint density at radius 3 is 2.43 bits per heavy atom. The van der Waals surface area contributed by atoms with Crippen LogP contribution in [0.15, 0.2) is 42.5 Å². The van der Waals surface area contributed by atoms with Crippen LogP contribution >= 0.6 is 0 Å². The van der Waals surface area contributed by atoms with Gasteiger partial charge in [-0.3, -0.25) is 0 Å². The maximum Gasteiger partial charge on any atom is 0.227 e. The van der Waals surface area contributed by atoms with Gasteiger partial charge in [0.25, 0.3) is 0 Å². The molecule has 1 aliphatic heterocycles. The Hall–Kier alpha value is -2.40. The Morgan fingerprint density at radius 2 is 1.68 bits per heavy atom. The van der Waals surface area contributed by atoms with Gasteiger partial charge in [-0.05, 0) is 68.2 Å². The van der Waals surface area contributed by atoms with E-state index in [0.29, 0.717) is 12.0 Å². The van der Waals surface area contributed by atoms with Gasteiger partial charge in [0.15, 0.2) is 0 Å². The zero-order valence-corrected chi connectivity index (χ0v) is 16.9. The molecule has 1 aliphatic carbocycles. The van der Waals surface area contributed by atoms with E-state index in [2.05, 4.69) is 81.1 Å². The number of fused-ring (bicyclic) bond motifs is 1. The predicted octanol–water partition coefficient (Wildman–Crippen LogP) is 3.95. The van der Waals surface area contributed by atoms with Crippen LogP contribution in [0.25, 0.3) is 10.8 Å². The van der Waals surface area contributed by atoms with E-state index in [1.165, 1.54) is 42.0 Å². The molecule has 28 heavy (non-hydrogen) atoms. The highest BCUT2D eigenvalue weighted by molar-refractivity contribution is 5.83. The molecule has 5 nitrogen and oxygen atoms in total. The van der Waals surface area contributed by atoms with E-state index in [0.717, 1.165) is 31.4 Å². The highest BCUT2D eigenvalue weighted by atomic mass is 15.4. The molecular weight excluding hydrogens is 346 g/mol. The van der Waals surface area contributed by atoms with E-state index >= 15 is 0 Å². The fourth-order valence-electron chi connectivity index (χ4n) is 4.49. The van der Waals surface area contributed by atoms with Gasteiger partial charge in [-0.1, -0.05) is 36.4 Å². The van der Waals surface area contributed by atoms with Crippen molar-refractivity contribution in [1.29, 1.82) is 0 Å². The van der Waals surface area contributed by atoms with Crippen molar-refractivity contribution in [3.05, 3.63) is 53.9 Å². The second kappa shape index (κ2) is 7.21. The molecule has 0 bridgehead atoms. The lowest BCUT2D eigenvalue weighted by molar-refractivity contribution is 0.249. The van der Waals surface area contributed by atoms with Crippen LogP contribution in [0.1, 0.15) is 43.0 Å². The van der Waals surface area contributed by atoms with Crippen LogP contribution in [-0.2, 0) is 13.6 Å². The lowest BCUT2D eigenvalue weighted by atomic mass is 9.96. The quantitative estimate of drug-likeness (QED) is 0.677. The molecule has 0 N–H and O–H groups in total. The van der Waals surface area contributed by atoms with E-state index in [1.54, 1.807) is 0 Å². The summed E-state index contributed by atoms with van der Waals surface area (Å²) in [7, 11) is 4.36. The number of anilines is 1. The Balaban J connectivity index is 1.41. The summed E-state index contributed by atoms with van der Waals surface area (Å²) in [4.78, 5) is 4.87. The first-order valence-corrected chi connectivity index (χ1v) is 10.5. The zero-order valence-electron chi connectivity index (χ0n) is 16.9. The summed E-state index contributed by atoms with van der Waals surface area (Å²) < 4.78 is 2.26. The van der Waals surface area contributed by atoms with E-state index in [9.17, 15) is 0 Å². The monoisotopic (exact) mass is 375 g/mol. The molecule has 3 aromatic rings. The molecule has 0 amide bonds. The molecule has 1 aromatic heterocycles. The van der Waals surface area contributed by atoms with E-state index < -0.39 is 0 Å². The van der Waals surface area contributed by atoms with Crippen LogP contribution in [-0.4, -0.2) is 45.8 Å². The standard InChI is InChI=1S/C23H29N5/c1-26-13-11-19(12-14-26)22-24-25-23(27(22)2)28(21-9-10-21)16-17-7-8-18-5-3-4-6-20(18)15-17/h3-8,15,19,21H,9-14,16H2,1-2H3. The fraction of sp³-hybridized carbons (Fsp3) is 0.478. The fourth-order valence-corrected chi connectivity index (χ4v) is 4.49. The predicted molar refractivity (Wildman–Crippen MR) is 114 cm³/mol. The third kappa shape index (κ3) is 3.39. The molecule has 5 heteroatoms. The van der Waals surface area contributed by atoms with Gasteiger partial charge in [0.2, 0.25) is 5.95 Å². The van der Waals surface area contributed by atoms with Crippen LogP contribution in [0.4, 0.5) is 5.95 Å². The highest BCUT2D eigenvalue weighted by Crippen LogP contribution is 2.34. The van der Waals surface area contributed by atoms with E-state index in [4.69, 9.17) is 0 Å². The van der Waals surface area contributed by atoms with Crippen molar-refractivity contribution in [3.63, 3.8) is 0 Å². The molecule has 2 heterocycles.